The van der Waals surface area contributed by atoms with Crippen molar-refractivity contribution in [1.82, 2.24) is 10.2 Å². The minimum Gasteiger partial charge on any atom is -0.495 e. The van der Waals surface area contributed by atoms with Crippen LogP contribution in [0.5, 0.6) is 5.75 Å². The van der Waals surface area contributed by atoms with Crippen molar-refractivity contribution in [3.8, 4) is 5.75 Å². The lowest BCUT2D eigenvalue weighted by Crippen LogP contribution is -2.16. The van der Waals surface area contributed by atoms with Gasteiger partial charge in [0.15, 0.2) is 5.69 Å². The number of ether oxygens (including phenoxy) is 1. The summed E-state index contributed by atoms with van der Waals surface area (Å²) >= 11 is 3.35. The standard InChI is InChI=1S/C14H17BrN4O4S/c1-7(2)12-11(15)13(19-18-12)14(20)17-9-6-8(24(16,21)22)4-5-10(9)23-3/h4-7H,1-3H3,(H,17,20)(H,18,19)(H2,16,21,22). The zero-order valence-electron chi connectivity index (χ0n) is 13.3. The third-order valence-electron chi connectivity index (χ3n) is 3.27. The Morgan fingerprint density at radius 1 is 1.42 bits per heavy atom. The number of halogens is 1. The number of nitrogens with two attached hydrogens (primary N) is 1. The number of anilines is 1. The van der Waals surface area contributed by atoms with Gasteiger partial charge in [-0.25, -0.2) is 13.6 Å². The van der Waals surface area contributed by atoms with Crippen LogP contribution < -0.4 is 15.2 Å². The van der Waals surface area contributed by atoms with Gasteiger partial charge in [0.05, 0.1) is 27.9 Å². The Morgan fingerprint density at radius 3 is 2.58 bits per heavy atom. The maximum Gasteiger partial charge on any atom is 0.277 e. The molecule has 0 unspecified atom stereocenters. The summed E-state index contributed by atoms with van der Waals surface area (Å²) in [6, 6.07) is 3.94. The summed E-state index contributed by atoms with van der Waals surface area (Å²) in [5.41, 5.74) is 1.11. The van der Waals surface area contributed by atoms with E-state index in [4.69, 9.17) is 9.88 Å². The molecule has 0 saturated heterocycles. The molecule has 0 aliphatic carbocycles. The highest BCUT2D eigenvalue weighted by molar-refractivity contribution is 9.10. The van der Waals surface area contributed by atoms with E-state index < -0.39 is 15.9 Å². The zero-order chi connectivity index (χ0) is 18.1. The first kappa shape index (κ1) is 18.4. The summed E-state index contributed by atoms with van der Waals surface area (Å²) in [6.07, 6.45) is 0. The number of aromatic nitrogens is 2. The Labute approximate surface area is 148 Å². The van der Waals surface area contributed by atoms with Crippen molar-refractivity contribution >= 4 is 37.5 Å². The second kappa shape index (κ2) is 6.91. The molecule has 0 radical (unpaired) electrons. The summed E-state index contributed by atoms with van der Waals surface area (Å²) in [6.45, 7) is 3.91. The number of aromatic amines is 1. The predicted molar refractivity (Wildman–Crippen MR) is 92.7 cm³/mol. The van der Waals surface area contributed by atoms with E-state index in [1.807, 2.05) is 13.8 Å². The van der Waals surface area contributed by atoms with E-state index in [1.165, 1.54) is 25.3 Å². The van der Waals surface area contributed by atoms with Gasteiger partial charge < -0.3 is 10.1 Å². The molecular formula is C14H17BrN4O4S. The smallest absolute Gasteiger partial charge is 0.277 e. The van der Waals surface area contributed by atoms with E-state index in [0.717, 1.165) is 5.69 Å². The minimum absolute atomic E-state index is 0.137. The van der Waals surface area contributed by atoms with E-state index in [9.17, 15) is 13.2 Å². The Morgan fingerprint density at radius 2 is 2.08 bits per heavy atom. The van der Waals surface area contributed by atoms with Gasteiger partial charge in [0.2, 0.25) is 10.0 Å². The van der Waals surface area contributed by atoms with E-state index in [0.29, 0.717) is 10.2 Å². The monoisotopic (exact) mass is 416 g/mol. The molecule has 0 aliphatic heterocycles. The van der Waals surface area contributed by atoms with Crippen molar-refractivity contribution < 1.29 is 17.9 Å². The lowest BCUT2D eigenvalue weighted by atomic mass is 10.1. The Kier molecular flexibility index (Phi) is 5.31. The number of benzene rings is 1. The number of hydrogen-bond donors (Lipinski definition) is 3. The highest BCUT2D eigenvalue weighted by atomic mass is 79.9. The second-order valence-electron chi connectivity index (χ2n) is 5.32. The first-order valence-electron chi connectivity index (χ1n) is 6.91. The molecule has 0 aliphatic rings. The van der Waals surface area contributed by atoms with E-state index in [2.05, 4.69) is 31.4 Å². The van der Waals surface area contributed by atoms with E-state index in [1.54, 1.807) is 0 Å². The summed E-state index contributed by atoms with van der Waals surface area (Å²) in [4.78, 5) is 12.3. The quantitative estimate of drug-likeness (QED) is 0.688. The number of H-pyrrole nitrogens is 1. The van der Waals surface area contributed by atoms with Crippen LogP contribution in [0.4, 0.5) is 5.69 Å². The maximum atomic E-state index is 12.4. The molecule has 24 heavy (non-hydrogen) atoms. The van der Waals surface area contributed by atoms with Crippen LogP contribution in [0.1, 0.15) is 35.9 Å². The fraction of sp³-hybridized carbons (Fsp3) is 0.286. The first-order valence-corrected chi connectivity index (χ1v) is 9.25. The molecule has 0 fully saturated rings. The summed E-state index contributed by atoms with van der Waals surface area (Å²) < 4.78 is 28.6. The van der Waals surface area contributed by atoms with Gasteiger partial charge in [0.1, 0.15) is 5.75 Å². The van der Waals surface area contributed by atoms with Gasteiger partial charge in [-0.1, -0.05) is 13.8 Å². The predicted octanol–water partition coefficient (Wildman–Crippen LogP) is 2.20. The Balaban J connectivity index is 2.38. The van der Waals surface area contributed by atoms with Gasteiger partial charge in [0, 0.05) is 0 Å². The summed E-state index contributed by atoms with van der Waals surface area (Å²) in [5, 5.41) is 14.5. The molecule has 1 heterocycles. The van der Waals surface area contributed by atoms with Crippen LogP contribution in [-0.4, -0.2) is 31.6 Å². The highest BCUT2D eigenvalue weighted by Crippen LogP contribution is 2.29. The number of amides is 1. The van der Waals surface area contributed by atoms with E-state index in [-0.39, 0.29) is 22.2 Å². The van der Waals surface area contributed by atoms with Gasteiger partial charge in [-0.05, 0) is 40.0 Å². The Bertz CT molecular complexity index is 877. The molecule has 0 atom stereocenters. The van der Waals surface area contributed by atoms with Gasteiger partial charge in [-0.2, -0.15) is 5.10 Å². The van der Waals surface area contributed by atoms with Crippen LogP contribution in [0.25, 0.3) is 0 Å². The van der Waals surface area contributed by atoms with E-state index >= 15 is 0 Å². The molecule has 10 heteroatoms. The van der Waals surface area contributed by atoms with Crippen LogP contribution >= 0.6 is 15.9 Å². The second-order valence-corrected chi connectivity index (χ2v) is 7.67. The summed E-state index contributed by atoms with van der Waals surface area (Å²) in [5.74, 6) is -0.0740. The third-order valence-corrected chi connectivity index (χ3v) is 4.99. The molecule has 2 aromatic rings. The van der Waals surface area contributed by atoms with Crippen molar-refractivity contribution in [2.45, 2.75) is 24.7 Å². The van der Waals surface area contributed by atoms with Crippen LogP contribution in [0.2, 0.25) is 0 Å². The van der Waals surface area contributed by atoms with Crippen LogP contribution in [0.15, 0.2) is 27.6 Å². The Hall–Kier alpha value is -1.91. The minimum atomic E-state index is -3.90. The fourth-order valence-corrected chi connectivity index (χ4v) is 3.37. The average molecular weight is 417 g/mol. The third kappa shape index (κ3) is 3.77. The topological polar surface area (TPSA) is 127 Å². The molecule has 2 rings (SSSR count). The number of carbonyl (C=O) groups excluding carboxylic acids is 1. The maximum absolute atomic E-state index is 12.4. The molecule has 0 bridgehead atoms. The summed E-state index contributed by atoms with van der Waals surface area (Å²) in [7, 11) is -2.50. The number of hydrogen-bond acceptors (Lipinski definition) is 5. The van der Waals surface area contributed by atoms with Crippen LogP contribution in [-0.2, 0) is 10.0 Å². The van der Waals surface area contributed by atoms with Gasteiger partial charge in [0.25, 0.3) is 5.91 Å². The molecule has 0 spiro atoms. The number of primary sulfonamides is 1. The van der Waals surface area contributed by atoms with Gasteiger partial charge in [-0.15, -0.1) is 0 Å². The molecular weight excluding hydrogens is 400 g/mol. The van der Waals surface area contributed by atoms with Gasteiger partial charge in [-0.3, -0.25) is 9.89 Å². The van der Waals surface area contributed by atoms with Gasteiger partial charge >= 0.3 is 0 Å². The number of carbonyl (C=O) groups is 1. The number of nitrogens with one attached hydrogen (secondary N) is 2. The number of methoxy groups -OCH3 is 1. The molecule has 1 amide bonds. The molecule has 1 aromatic carbocycles. The molecule has 4 N–H and O–H groups in total. The van der Waals surface area contributed by atoms with Crippen molar-refractivity contribution in [1.29, 1.82) is 0 Å². The fourth-order valence-electron chi connectivity index (χ4n) is 2.02. The van der Waals surface area contributed by atoms with Crippen molar-refractivity contribution in [2.24, 2.45) is 5.14 Å². The highest BCUT2D eigenvalue weighted by Gasteiger charge is 2.21. The lowest BCUT2D eigenvalue weighted by molar-refractivity contribution is 0.102. The number of sulfonamides is 1. The lowest BCUT2D eigenvalue weighted by Gasteiger charge is -2.11. The van der Waals surface area contributed by atoms with Crippen LogP contribution in [0, 0.1) is 0 Å². The molecule has 0 saturated carbocycles. The molecule has 1 aromatic heterocycles. The zero-order valence-corrected chi connectivity index (χ0v) is 15.7. The SMILES string of the molecule is COc1ccc(S(N)(=O)=O)cc1NC(=O)c1n[nH]c(C(C)C)c1Br. The molecule has 8 nitrogen and oxygen atoms in total. The number of rotatable bonds is 5. The van der Waals surface area contributed by atoms with Crippen molar-refractivity contribution in [3.63, 3.8) is 0 Å². The normalized spacial score (nSPS) is 11.6. The average Bonchev–Trinajstić information content (AvgIpc) is 2.88. The first-order chi connectivity index (χ1) is 11.1. The van der Waals surface area contributed by atoms with Crippen molar-refractivity contribution in [3.05, 3.63) is 34.1 Å². The molecule has 130 valence electrons. The van der Waals surface area contributed by atoms with Crippen LogP contribution in [0.3, 0.4) is 0 Å². The van der Waals surface area contributed by atoms with Crippen molar-refractivity contribution in [2.75, 3.05) is 12.4 Å². The number of nitrogens with zero attached hydrogens (tertiary/aromatic N) is 1. The largest absolute Gasteiger partial charge is 0.495 e.